The van der Waals surface area contributed by atoms with Gasteiger partial charge in [0, 0.05) is 54.1 Å². The maximum absolute atomic E-state index is 5.15. The normalized spacial score (nSPS) is 11.8. The lowest BCUT2D eigenvalue weighted by Gasteiger charge is -2.04. The molecule has 4 nitrogen and oxygen atoms in total. The van der Waals surface area contributed by atoms with E-state index < -0.39 is 0 Å². The minimum absolute atomic E-state index is 1.05. The second-order valence-electron chi connectivity index (χ2n) is 25.3. The highest BCUT2D eigenvalue weighted by Gasteiger charge is 2.23. The van der Waals surface area contributed by atoms with Gasteiger partial charge in [-0.05, 0) is 109 Å². The number of unbranched alkanes of at least 4 members (excludes halogenated alkanes) is 36. The van der Waals surface area contributed by atoms with Crippen LogP contribution in [-0.4, -0.2) is 19.9 Å². The SMILES string of the molecule is CCCCCCCCCCCCc1ccsc1-c1cnc(-c2ncc(-c3sc(-c4cc(CCCCCCCCCCCC)c(-c5cnc(-c6ncc(-c7sccc7CCCCCCCCCCCC)s6)s5)s4)cc3CCCCCCCCCCCC)s2)s1. The molecule has 0 amide bonds. The molecule has 8 aromatic heterocycles. The third-order valence-electron chi connectivity index (χ3n) is 17.8. The fourth-order valence-corrected chi connectivity index (χ4v) is 21.2. The molecular formula is C76H110N4S8. The van der Waals surface area contributed by atoms with E-state index in [9.17, 15) is 0 Å². The molecule has 8 rings (SSSR count). The first-order chi connectivity index (χ1) is 43.6. The topological polar surface area (TPSA) is 51.6 Å². The monoisotopic (exact) mass is 1330 g/mol. The van der Waals surface area contributed by atoms with Gasteiger partial charge in [0.2, 0.25) is 0 Å². The predicted molar refractivity (Wildman–Crippen MR) is 401 cm³/mol. The van der Waals surface area contributed by atoms with Crippen molar-refractivity contribution in [2.45, 2.75) is 310 Å². The molecule has 0 bridgehead atoms. The van der Waals surface area contributed by atoms with E-state index in [2.05, 4.69) is 87.5 Å². The van der Waals surface area contributed by atoms with Crippen LogP contribution in [0.25, 0.3) is 68.8 Å². The molecule has 0 unspecified atom stereocenters. The number of thiophene rings is 4. The Balaban J connectivity index is 0.966. The first-order valence-corrected chi connectivity index (χ1v) is 42.5. The first kappa shape index (κ1) is 71.2. The molecule has 8 heterocycles. The summed E-state index contributed by atoms with van der Waals surface area (Å²) in [7, 11) is 0. The number of nitrogens with zero attached hydrogens (tertiary/aromatic N) is 4. The summed E-state index contributed by atoms with van der Waals surface area (Å²) in [5, 5.41) is 8.76. The van der Waals surface area contributed by atoms with Gasteiger partial charge in [-0.1, -0.05) is 259 Å². The summed E-state index contributed by atoms with van der Waals surface area (Å²) in [5.41, 5.74) is 5.97. The molecule has 0 saturated heterocycles. The Bertz CT molecular complexity index is 2860. The van der Waals surface area contributed by atoms with Gasteiger partial charge >= 0.3 is 0 Å². The van der Waals surface area contributed by atoms with E-state index in [4.69, 9.17) is 19.9 Å². The van der Waals surface area contributed by atoms with Crippen molar-refractivity contribution in [1.82, 2.24) is 19.9 Å². The quantitative estimate of drug-likeness (QED) is 0.0357. The summed E-state index contributed by atoms with van der Waals surface area (Å²) >= 11 is 15.1. The van der Waals surface area contributed by atoms with Crippen molar-refractivity contribution in [2.75, 3.05) is 0 Å². The number of aryl methyl sites for hydroxylation is 4. The highest BCUT2D eigenvalue weighted by molar-refractivity contribution is 7.31. The molecule has 8 aromatic rings. The van der Waals surface area contributed by atoms with Gasteiger partial charge in [-0.15, -0.1) is 90.7 Å². The Labute approximate surface area is 566 Å². The molecule has 0 aromatic carbocycles. The zero-order valence-corrected chi connectivity index (χ0v) is 61.5. The molecule has 0 fully saturated rings. The van der Waals surface area contributed by atoms with Gasteiger partial charge in [-0.2, -0.15) is 0 Å². The molecule has 88 heavy (non-hydrogen) atoms. The third kappa shape index (κ3) is 24.0. The molecule has 0 N–H and O–H groups in total. The van der Waals surface area contributed by atoms with E-state index in [1.54, 1.807) is 0 Å². The van der Waals surface area contributed by atoms with Crippen LogP contribution >= 0.6 is 90.7 Å². The van der Waals surface area contributed by atoms with E-state index in [-0.39, 0.29) is 0 Å². The van der Waals surface area contributed by atoms with Gasteiger partial charge in [-0.3, -0.25) is 0 Å². The number of hydrogen-bond donors (Lipinski definition) is 0. The number of thiazole rings is 4. The predicted octanol–water partition coefficient (Wildman–Crippen LogP) is 29.3. The Morgan fingerprint density at radius 3 is 0.727 bits per heavy atom. The maximum Gasteiger partial charge on any atom is 0.152 e. The van der Waals surface area contributed by atoms with Gasteiger partial charge < -0.3 is 0 Å². The van der Waals surface area contributed by atoms with Gasteiger partial charge in [0.1, 0.15) is 0 Å². The van der Waals surface area contributed by atoms with Crippen LogP contribution in [-0.2, 0) is 25.7 Å². The molecule has 12 heteroatoms. The summed E-state index contributed by atoms with van der Waals surface area (Å²) in [6, 6.07) is 9.88. The van der Waals surface area contributed by atoms with E-state index in [1.165, 1.54) is 328 Å². The molecule has 482 valence electrons. The van der Waals surface area contributed by atoms with Crippen LogP contribution < -0.4 is 0 Å². The van der Waals surface area contributed by atoms with Crippen molar-refractivity contribution in [1.29, 1.82) is 0 Å². The Morgan fingerprint density at radius 2 is 0.466 bits per heavy atom. The van der Waals surface area contributed by atoms with Crippen LogP contribution in [0.15, 0.2) is 59.8 Å². The molecule has 0 saturated carbocycles. The van der Waals surface area contributed by atoms with Crippen LogP contribution in [0.1, 0.15) is 307 Å². The maximum atomic E-state index is 5.15. The van der Waals surface area contributed by atoms with Crippen LogP contribution in [0.5, 0.6) is 0 Å². The van der Waals surface area contributed by atoms with Gasteiger partial charge in [-0.25, -0.2) is 19.9 Å². The van der Waals surface area contributed by atoms with Crippen LogP contribution in [0.4, 0.5) is 0 Å². The Kier molecular flexibility index (Phi) is 34.4. The number of hydrogen-bond acceptors (Lipinski definition) is 12. The van der Waals surface area contributed by atoms with Gasteiger partial charge in [0.25, 0.3) is 0 Å². The largest absolute Gasteiger partial charge is 0.241 e. The smallest absolute Gasteiger partial charge is 0.152 e. The minimum Gasteiger partial charge on any atom is -0.241 e. The third-order valence-corrected chi connectivity index (χ3v) is 27.3. The summed E-state index contributed by atoms with van der Waals surface area (Å²) in [4.78, 5) is 34.0. The standard InChI is InChI=1S/C76H110N4S8/c1-5-9-13-17-21-25-29-33-37-41-45-59-49-51-81-69(59)65-55-77-73(85-65)75-79-57-67(87-75)71-61(47-43-39-35-31-27-23-19-15-11-7-3)53-63(83-71)64-54-62(48-44-40-36-32-28-24-20-16-12-8-4)72(84-64)68-58-80-76(88-68)74-78-56-66(86-74)70-60(50-52-82-70)46-42-38-34-30-26-22-18-14-10-6-2/h49-58H,5-48H2,1-4H3. The van der Waals surface area contributed by atoms with Crippen LogP contribution in [0.3, 0.4) is 0 Å². The lowest BCUT2D eigenvalue weighted by molar-refractivity contribution is 0.556. The summed E-state index contributed by atoms with van der Waals surface area (Å²) < 4.78 is 0. The van der Waals surface area contributed by atoms with Crippen molar-refractivity contribution >= 4 is 90.7 Å². The van der Waals surface area contributed by atoms with Crippen molar-refractivity contribution in [3.05, 3.63) is 82.1 Å². The molecular weight excluding hydrogens is 1230 g/mol. The Hall–Kier alpha value is -2.68. The zero-order valence-electron chi connectivity index (χ0n) is 54.9. The molecule has 0 spiro atoms. The molecule has 0 atom stereocenters. The molecule has 0 radical (unpaired) electrons. The van der Waals surface area contributed by atoms with E-state index in [0.717, 1.165) is 45.7 Å². The first-order valence-electron chi connectivity index (χ1n) is 35.8. The van der Waals surface area contributed by atoms with Crippen molar-refractivity contribution in [3.63, 3.8) is 0 Å². The number of aromatic nitrogens is 4. The fourth-order valence-electron chi connectivity index (χ4n) is 12.5. The summed E-state index contributed by atoms with van der Waals surface area (Å²) in [5.74, 6) is 0. The van der Waals surface area contributed by atoms with E-state index in [1.807, 2.05) is 90.7 Å². The van der Waals surface area contributed by atoms with E-state index >= 15 is 0 Å². The van der Waals surface area contributed by atoms with Crippen LogP contribution in [0, 0.1) is 0 Å². The van der Waals surface area contributed by atoms with Crippen molar-refractivity contribution in [2.24, 2.45) is 0 Å². The summed E-state index contributed by atoms with van der Waals surface area (Å²) in [6.45, 7) is 9.25. The average Bonchev–Trinajstić information content (AvgIpc) is 2.11. The lowest BCUT2D eigenvalue weighted by Crippen LogP contribution is -1.87. The fraction of sp³-hybridized carbons (Fsp3) is 0.632. The molecule has 0 aliphatic heterocycles. The highest BCUT2D eigenvalue weighted by Crippen LogP contribution is 2.49. The van der Waals surface area contributed by atoms with Crippen LogP contribution in [0.2, 0.25) is 0 Å². The van der Waals surface area contributed by atoms with Crippen molar-refractivity contribution < 1.29 is 0 Å². The second kappa shape index (κ2) is 42.5. The highest BCUT2D eigenvalue weighted by atomic mass is 32.1. The minimum atomic E-state index is 1.05. The second-order valence-corrected chi connectivity index (χ2v) is 33.4. The average molecular weight is 1340 g/mol. The zero-order chi connectivity index (χ0) is 61.1. The van der Waals surface area contributed by atoms with Crippen molar-refractivity contribution in [3.8, 4) is 68.8 Å². The lowest BCUT2D eigenvalue weighted by atomic mass is 10.0. The Morgan fingerprint density at radius 1 is 0.239 bits per heavy atom. The summed E-state index contributed by atoms with van der Waals surface area (Å²) in [6.07, 6.45) is 67.7. The van der Waals surface area contributed by atoms with Gasteiger partial charge in [0.05, 0.1) is 19.5 Å². The van der Waals surface area contributed by atoms with Gasteiger partial charge in [0.15, 0.2) is 20.0 Å². The van der Waals surface area contributed by atoms with E-state index in [0.29, 0.717) is 0 Å². The molecule has 0 aliphatic rings. The number of rotatable bonds is 51. The molecule has 0 aliphatic carbocycles.